The highest BCUT2D eigenvalue weighted by Gasteiger charge is 2.29. The van der Waals surface area contributed by atoms with Crippen LogP contribution in [0.4, 0.5) is 0 Å². The van der Waals surface area contributed by atoms with Crippen LogP contribution in [0.15, 0.2) is 59.2 Å². The number of fused-ring (bicyclic) bond motifs is 1. The number of hydrogen-bond acceptors (Lipinski definition) is 1. The Hall–Kier alpha value is -2.07. The second kappa shape index (κ2) is 7.67. The van der Waals surface area contributed by atoms with Crippen molar-refractivity contribution in [2.45, 2.75) is 38.1 Å². The van der Waals surface area contributed by atoms with Crippen molar-refractivity contribution < 1.29 is 4.79 Å². The van der Waals surface area contributed by atoms with Gasteiger partial charge in [0.2, 0.25) is 5.91 Å². The third-order valence-electron chi connectivity index (χ3n) is 5.34. The summed E-state index contributed by atoms with van der Waals surface area (Å²) >= 11 is 3.49. The number of benzene rings is 2. The number of rotatable bonds is 5. The number of carbonyl (C=O) groups is 1. The maximum atomic E-state index is 12.8. The first kappa shape index (κ1) is 17.3. The van der Waals surface area contributed by atoms with Gasteiger partial charge < -0.3 is 9.88 Å². The normalized spacial score (nSPS) is 17.1. The Bertz CT molecular complexity index is 900. The molecule has 1 fully saturated rings. The van der Waals surface area contributed by atoms with Crippen LogP contribution in [0.3, 0.4) is 0 Å². The largest absolute Gasteiger partial charge is 0.361 e. The minimum absolute atomic E-state index is 0.240. The molecule has 2 aromatic carbocycles. The summed E-state index contributed by atoms with van der Waals surface area (Å²) in [6.45, 7) is 0.882. The van der Waals surface area contributed by atoms with Crippen LogP contribution in [-0.2, 0) is 11.2 Å². The van der Waals surface area contributed by atoms with E-state index in [-0.39, 0.29) is 11.9 Å². The molecule has 1 aliphatic rings. The van der Waals surface area contributed by atoms with E-state index >= 15 is 0 Å². The van der Waals surface area contributed by atoms with Gasteiger partial charge in [-0.1, -0.05) is 46.3 Å². The number of hydrogen-bond donors (Lipinski definition) is 1. The smallest absolute Gasteiger partial charge is 0.223 e. The number of nitrogens with one attached hydrogen (secondary N) is 1. The zero-order valence-corrected chi connectivity index (χ0v) is 16.3. The molecule has 0 aliphatic carbocycles. The third-order valence-corrected chi connectivity index (χ3v) is 5.87. The van der Waals surface area contributed by atoms with E-state index in [1.54, 1.807) is 0 Å². The monoisotopic (exact) mass is 410 g/mol. The minimum atomic E-state index is 0.240. The molecule has 0 spiro atoms. The van der Waals surface area contributed by atoms with Gasteiger partial charge in [0.1, 0.15) is 0 Å². The van der Waals surface area contributed by atoms with E-state index in [0.29, 0.717) is 6.42 Å². The van der Waals surface area contributed by atoms with Crippen LogP contribution < -0.4 is 0 Å². The molecule has 1 N–H and O–H groups in total. The Balaban J connectivity index is 1.37. The Labute approximate surface area is 162 Å². The summed E-state index contributed by atoms with van der Waals surface area (Å²) in [5.74, 6) is 0.287. The number of aromatic amines is 1. The topological polar surface area (TPSA) is 36.1 Å². The number of halogens is 1. The van der Waals surface area contributed by atoms with Gasteiger partial charge in [0, 0.05) is 34.5 Å². The van der Waals surface area contributed by atoms with Crippen LogP contribution in [0.25, 0.3) is 10.9 Å². The Morgan fingerprint density at radius 1 is 1.15 bits per heavy atom. The van der Waals surface area contributed by atoms with Crippen LogP contribution in [0.2, 0.25) is 0 Å². The summed E-state index contributed by atoms with van der Waals surface area (Å²) < 4.78 is 1.08. The summed E-state index contributed by atoms with van der Waals surface area (Å²) in [4.78, 5) is 18.2. The zero-order valence-electron chi connectivity index (χ0n) is 14.7. The van der Waals surface area contributed by atoms with Gasteiger partial charge in [-0.2, -0.15) is 0 Å². The van der Waals surface area contributed by atoms with E-state index in [4.69, 9.17) is 0 Å². The van der Waals surface area contributed by atoms with E-state index < -0.39 is 0 Å². The number of amides is 1. The number of aryl methyl sites for hydroxylation is 1. The van der Waals surface area contributed by atoms with Gasteiger partial charge in [-0.3, -0.25) is 4.79 Å². The van der Waals surface area contributed by atoms with E-state index in [0.717, 1.165) is 36.7 Å². The number of para-hydroxylation sites is 1. The van der Waals surface area contributed by atoms with Gasteiger partial charge in [0.15, 0.2) is 0 Å². The van der Waals surface area contributed by atoms with Gasteiger partial charge >= 0.3 is 0 Å². The van der Waals surface area contributed by atoms with Crippen LogP contribution >= 0.6 is 15.9 Å². The van der Waals surface area contributed by atoms with Crippen molar-refractivity contribution in [2.24, 2.45) is 0 Å². The lowest BCUT2D eigenvalue weighted by atomic mass is 10.0. The van der Waals surface area contributed by atoms with Gasteiger partial charge in [-0.15, -0.1) is 0 Å². The first-order valence-electron chi connectivity index (χ1n) is 9.32. The minimum Gasteiger partial charge on any atom is -0.361 e. The molecule has 26 heavy (non-hydrogen) atoms. The maximum absolute atomic E-state index is 12.8. The van der Waals surface area contributed by atoms with E-state index in [9.17, 15) is 4.79 Å². The predicted octanol–water partition coefficient (Wildman–Crippen LogP) is 5.62. The first-order chi connectivity index (χ1) is 12.7. The molecule has 1 aromatic heterocycles. The lowest BCUT2D eigenvalue weighted by molar-refractivity contribution is -0.132. The molecule has 1 atom stereocenters. The fourth-order valence-electron chi connectivity index (χ4n) is 4.01. The number of carbonyl (C=O) groups excluding carboxylic acids is 1. The van der Waals surface area contributed by atoms with Crippen molar-refractivity contribution in [2.75, 3.05) is 6.54 Å². The summed E-state index contributed by atoms with van der Waals surface area (Å²) in [6.07, 6.45) is 6.68. The molecule has 0 saturated carbocycles. The van der Waals surface area contributed by atoms with Gasteiger partial charge in [-0.05, 0) is 55.0 Å². The maximum Gasteiger partial charge on any atom is 0.223 e. The molecular formula is C22H23BrN2O. The average molecular weight is 411 g/mol. The highest BCUT2D eigenvalue weighted by atomic mass is 79.9. The highest BCUT2D eigenvalue weighted by molar-refractivity contribution is 9.10. The van der Waals surface area contributed by atoms with Crippen molar-refractivity contribution in [1.82, 2.24) is 9.88 Å². The van der Waals surface area contributed by atoms with Crippen molar-refractivity contribution in [3.63, 3.8) is 0 Å². The van der Waals surface area contributed by atoms with Crippen molar-refractivity contribution in [3.8, 4) is 0 Å². The Morgan fingerprint density at radius 3 is 2.81 bits per heavy atom. The molecule has 3 aromatic rings. The molecular weight excluding hydrogens is 388 g/mol. The van der Waals surface area contributed by atoms with Crippen LogP contribution in [0.1, 0.15) is 42.9 Å². The fraction of sp³-hybridized carbons (Fsp3) is 0.318. The second-order valence-electron chi connectivity index (χ2n) is 7.01. The molecule has 1 saturated heterocycles. The van der Waals surface area contributed by atoms with Gasteiger partial charge in [0.05, 0.1) is 6.04 Å². The molecule has 0 unspecified atom stereocenters. The fourth-order valence-corrected chi connectivity index (χ4v) is 4.27. The van der Waals surface area contributed by atoms with Crippen molar-refractivity contribution in [3.05, 3.63) is 70.3 Å². The van der Waals surface area contributed by atoms with Gasteiger partial charge in [0.25, 0.3) is 0 Å². The van der Waals surface area contributed by atoms with Crippen molar-refractivity contribution >= 4 is 32.7 Å². The molecule has 3 nitrogen and oxygen atoms in total. The number of likely N-dealkylation sites (tertiary alicyclic amines) is 1. The summed E-state index contributed by atoms with van der Waals surface area (Å²) in [7, 11) is 0. The number of nitrogens with zero attached hydrogens (tertiary/aromatic N) is 1. The predicted molar refractivity (Wildman–Crippen MR) is 109 cm³/mol. The SMILES string of the molecule is O=C(CCCc1c[nH]c2ccccc12)N1CCC[C@@H]1c1ccc(Br)cc1. The molecule has 2 heterocycles. The summed E-state index contributed by atoms with van der Waals surface area (Å²) in [5, 5.41) is 1.27. The molecule has 1 amide bonds. The molecule has 4 rings (SSSR count). The Kier molecular flexibility index (Phi) is 5.11. The van der Waals surface area contributed by atoms with Crippen LogP contribution in [-0.4, -0.2) is 22.3 Å². The van der Waals surface area contributed by atoms with Crippen molar-refractivity contribution in [1.29, 1.82) is 0 Å². The van der Waals surface area contributed by atoms with Gasteiger partial charge in [-0.25, -0.2) is 0 Å². The molecule has 134 valence electrons. The molecule has 4 heteroatoms. The number of aromatic nitrogens is 1. The van der Waals surface area contributed by atoms with Crippen LogP contribution in [0.5, 0.6) is 0 Å². The molecule has 0 bridgehead atoms. The quantitative estimate of drug-likeness (QED) is 0.582. The standard InChI is InChI=1S/C22H23BrN2O/c23-18-12-10-16(11-13-18)21-8-4-14-25(21)22(26)9-3-5-17-15-24-20-7-2-1-6-19(17)20/h1-2,6-7,10-13,15,21,24H,3-5,8-9,14H2/t21-/m1/s1. The van der Waals surface area contributed by atoms with E-state index in [1.165, 1.54) is 22.0 Å². The Morgan fingerprint density at radius 2 is 1.96 bits per heavy atom. The second-order valence-corrected chi connectivity index (χ2v) is 7.93. The summed E-state index contributed by atoms with van der Waals surface area (Å²) in [6, 6.07) is 17.0. The zero-order chi connectivity index (χ0) is 17.9. The third kappa shape index (κ3) is 3.56. The average Bonchev–Trinajstić information content (AvgIpc) is 3.30. The molecule has 0 radical (unpaired) electrons. The van der Waals surface area contributed by atoms with E-state index in [1.807, 2.05) is 6.07 Å². The van der Waals surface area contributed by atoms with Crippen LogP contribution in [0, 0.1) is 0 Å². The lowest BCUT2D eigenvalue weighted by Gasteiger charge is -2.25. The molecule has 1 aliphatic heterocycles. The first-order valence-corrected chi connectivity index (χ1v) is 10.1. The highest BCUT2D eigenvalue weighted by Crippen LogP contribution is 2.33. The lowest BCUT2D eigenvalue weighted by Crippen LogP contribution is -2.30. The van der Waals surface area contributed by atoms with E-state index in [2.05, 4.69) is 74.5 Å². The summed E-state index contributed by atoms with van der Waals surface area (Å²) in [5.41, 5.74) is 3.72. The number of H-pyrrole nitrogens is 1.